The van der Waals surface area contributed by atoms with Crippen LogP contribution in [-0.4, -0.2) is 15.0 Å². The first-order valence-electron chi connectivity index (χ1n) is 9.58. The fraction of sp³-hybridized carbons (Fsp3) is 0.0952. The molecule has 0 aliphatic heterocycles. The Morgan fingerprint density at radius 3 is 2.70 bits per heavy atom. The maximum Gasteiger partial charge on any atom is 0.285 e. The first-order chi connectivity index (χ1) is 15.8. The Labute approximate surface area is 187 Å². The first kappa shape index (κ1) is 22.6. The van der Waals surface area contributed by atoms with Gasteiger partial charge in [-0.2, -0.15) is 9.37 Å². The highest BCUT2D eigenvalue weighted by molar-refractivity contribution is 7.44. The normalized spacial score (nSPS) is 12.9. The van der Waals surface area contributed by atoms with Crippen molar-refractivity contribution in [3.8, 4) is 23.0 Å². The van der Waals surface area contributed by atoms with Gasteiger partial charge in [-0.15, -0.1) is 0 Å². The lowest BCUT2D eigenvalue weighted by Gasteiger charge is -2.14. The van der Waals surface area contributed by atoms with Crippen LogP contribution in [-0.2, 0) is 22.2 Å². The molecule has 4 aromatic rings. The van der Waals surface area contributed by atoms with Crippen LogP contribution in [0.25, 0.3) is 11.3 Å². The second-order valence-electron chi connectivity index (χ2n) is 6.91. The van der Waals surface area contributed by atoms with E-state index in [0.29, 0.717) is 29.2 Å². The first-order valence-corrected chi connectivity index (χ1v) is 11.1. The molecule has 3 heterocycles. The summed E-state index contributed by atoms with van der Waals surface area (Å²) in [5.74, 6) is 0.585. The van der Waals surface area contributed by atoms with Crippen molar-refractivity contribution in [1.82, 2.24) is 10.1 Å². The van der Waals surface area contributed by atoms with Crippen LogP contribution in [0.4, 0.5) is 10.2 Å². The largest absolute Gasteiger partial charge is 0.756 e. The molecule has 3 aromatic heterocycles. The maximum absolute atomic E-state index is 13.2. The molecule has 0 saturated carbocycles. The highest BCUT2D eigenvalue weighted by atomic mass is 31.2. The number of hydrogen-bond acceptors (Lipinski definition) is 8. The Balaban J connectivity index is 1.44. The molecule has 4 rings (SSSR count). The maximum atomic E-state index is 13.2. The number of aromatic nitrogens is 3. The molecular formula is C21H18FN4O6P. The fourth-order valence-electron chi connectivity index (χ4n) is 2.99. The lowest BCUT2D eigenvalue weighted by Crippen LogP contribution is -2.38. The van der Waals surface area contributed by atoms with Gasteiger partial charge in [0.15, 0.2) is 12.5 Å². The van der Waals surface area contributed by atoms with Crippen LogP contribution in [0.5, 0.6) is 11.6 Å². The number of phosphoric acid groups is 1. The van der Waals surface area contributed by atoms with Crippen molar-refractivity contribution in [2.75, 3.05) is 5.73 Å². The smallest absolute Gasteiger partial charge is 0.285 e. The second kappa shape index (κ2) is 9.47. The number of ether oxygens (including phenoxy) is 1. The average Bonchev–Trinajstić information content (AvgIpc) is 3.22. The predicted octanol–water partition coefficient (Wildman–Crippen LogP) is 2.56. The van der Waals surface area contributed by atoms with E-state index >= 15 is 0 Å². The number of halogens is 1. The number of nitrogens with zero attached hydrogens (tertiary/aromatic N) is 3. The number of benzene rings is 1. The predicted molar refractivity (Wildman–Crippen MR) is 111 cm³/mol. The zero-order valence-corrected chi connectivity index (χ0v) is 17.9. The highest BCUT2D eigenvalue weighted by Gasteiger charge is 2.18. The van der Waals surface area contributed by atoms with E-state index in [2.05, 4.69) is 14.7 Å². The van der Waals surface area contributed by atoms with Gasteiger partial charge >= 0.3 is 0 Å². The standard InChI is InChI=1S/C21H18FN4O6P/c22-19-4-1-5-20(24-19)31-16-8-6-14(7-9-16)11-15-12-18(32-25-15)17-3-2-10-26(21(17)23)13-30-33(27,28)29/h1-10,12,23H,11,13H2,(H2,27,28,29). The summed E-state index contributed by atoms with van der Waals surface area (Å²) in [5.41, 5.74) is 8.11. The molecule has 0 saturated heterocycles. The zero-order valence-electron chi connectivity index (χ0n) is 17.0. The monoisotopic (exact) mass is 472 g/mol. The number of nitrogen functional groups attached to an aromatic ring is 1. The van der Waals surface area contributed by atoms with Crippen molar-refractivity contribution in [2.24, 2.45) is 0 Å². The van der Waals surface area contributed by atoms with Gasteiger partial charge in [0.25, 0.3) is 13.6 Å². The summed E-state index contributed by atoms with van der Waals surface area (Å²) in [7, 11) is -4.89. The third-order valence-electron chi connectivity index (χ3n) is 4.52. The van der Waals surface area contributed by atoms with Crippen molar-refractivity contribution >= 4 is 13.6 Å². The van der Waals surface area contributed by atoms with E-state index < -0.39 is 20.5 Å². The summed E-state index contributed by atoms with van der Waals surface area (Å²) in [4.78, 5) is 23.3. The lowest BCUT2D eigenvalue weighted by molar-refractivity contribution is -0.712. The van der Waals surface area contributed by atoms with Crippen molar-refractivity contribution in [1.29, 1.82) is 0 Å². The van der Waals surface area contributed by atoms with Gasteiger partial charge in [-0.25, -0.2) is 4.57 Å². The van der Waals surface area contributed by atoms with Crippen LogP contribution in [0.15, 0.2) is 71.4 Å². The summed E-state index contributed by atoms with van der Waals surface area (Å²) >= 11 is 0. The molecule has 10 nitrogen and oxygen atoms in total. The summed E-state index contributed by atoms with van der Waals surface area (Å²) in [6, 6.07) is 16.4. The average molecular weight is 472 g/mol. The summed E-state index contributed by atoms with van der Waals surface area (Å²) < 4.78 is 40.6. The molecule has 0 radical (unpaired) electrons. The second-order valence-corrected chi connectivity index (χ2v) is 8.10. The third-order valence-corrected chi connectivity index (χ3v) is 4.96. The molecule has 33 heavy (non-hydrogen) atoms. The van der Waals surface area contributed by atoms with E-state index in [4.69, 9.17) is 19.9 Å². The molecule has 0 amide bonds. The lowest BCUT2D eigenvalue weighted by atomic mass is 10.1. The van der Waals surface area contributed by atoms with Crippen LogP contribution in [0.3, 0.4) is 0 Å². The summed E-state index contributed by atoms with van der Waals surface area (Å²) in [5, 5.41) is 4.06. The number of phosphoric ester groups is 1. The van der Waals surface area contributed by atoms with Crippen LogP contribution >= 0.6 is 7.82 Å². The molecule has 0 aliphatic rings. The number of pyridine rings is 2. The van der Waals surface area contributed by atoms with E-state index in [0.717, 1.165) is 5.56 Å². The number of hydrogen-bond donors (Lipinski definition) is 2. The van der Waals surface area contributed by atoms with Gasteiger partial charge in [-0.1, -0.05) is 23.4 Å². The van der Waals surface area contributed by atoms with Crippen molar-refractivity contribution in [3.05, 3.63) is 84.1 Å². The number of anilines is 1. The molecule has 170 valence electrons. The van der Waals surface area contributed by atoms with E-state index in [-0.39, 0.29) is 11.7 Å². The molecule has 1 aromatic carbocycles. The molecular weight excluding hydrogens is 454 g/mol. The fourth-order valence-corrected chi connectivity index (χ4v) is 3.26. The van der Waals surface area contributed by atoms with Crippen LogP contribution < -0.4 is 19.9 Å². The molecule has 0 fully saturated rings. The quantitative estimate of drug-likeness (QED) is 0.224. The minimum absolute atomic E-state index is 0.157. The SMILES string of the molecule is Nc1c(-c2cc(Cc3ccc(Oc4cccc(F)n4)cc3)no2)ccc[n+]1COP(=O)([O-])O. The van der Waals surface area contributed by atoms with E-state index in [1.54, 1.807) is 36.4 Å². The molecule has 0 aliphatic carbocycles. The van der Waals surface area contributed by atoms with Gasteiger partial charge in [0.1, 0.15) is 11.3 Å². The zero-order chi connectivity index (χ0) is 23.4. The van der Waals surface area contributed by atoms with Crippen LogP contribution in [0.2, 0.25) is 0 Å². The molecule has 1 atom stereocenters. The van der Waals surface area contributed by atoms with Gasteiger partial charge in [-0.3, -0.25) is 14.8 Å². The highest BCUT2D eigenvalue weighted by Crippen LogP contribution is 2.30. The van der Waals surface area contributed by atoms with Crippen molar-refractivity contribution < 1.29 is 37.1 Å². The van der Waals surface area contributed by atoms with Gasteiger partial charge in [0, 0.05) is 18.6 Å². The minimum Gasteiger partial charge on any atom is -0.756 e. The van der Waals surface area contributed by atoms with E-state index in [1.165, 1.54) is 22.9 Å². The van der Waals surface area contributed by atoms with Crippen LogP contribution in [0.1, 0.15) is 11.3 Å². The van der Waals surface area contributed by atoms with Gasteiger partial charge in [-0.05, 0) is 35.9 Å². The molecule has 0 bridgehead atoms. The van der Waals surface area contributed by atoms with Gasteiger partial charge in [0.05, 0.1) is 11.9 Å². The number of nitrogens with two attached hydrogens (primary N) is 1. The Morgan fingerprint density at radius 2 is 1.97 bits per heavy atom. The summed E-state index contributed by atoms with van der Waals surface area (Å²) in [6.45, 7) is -0.489. The molecule has 1 unspecified atom stereocenters. The van der Waals surface area contributed by atoms with Crippen molar-refractivity contribution in [2.45, 2.75) is 13.2 Å². The minimum atomic E-state index is -4.89. The topological polar surface area (TPSA) is 148 Å². The third kappa shape index (κ3) is 5.99. The van der Waals surface area contributed by atoms with Gasteiger partial charge < -0.3 is 19.0 Å². The molecule has 0 spiro atoms. The Bertz CT molecular complexity index is 1310. The molecule has 3 N–H and O–H groups in total. The Kier molecular flexibility index (Phi) is 6.47. The van der Waals surface area contributed by atoms with E-state index in [1.807, 2.05) is 12.1 Å². The number of rotatable bonds is 8. The molecule has 12 heteroatoms. The van der Waals surface area contributed by atoms with Crippen molar-refractivity contribution in [3.63, 3.8) is 0 Å². The Morgan fingerprint density at radius 1 is 1.18 bits per heavy atom. The summed E-state index contributed by atoms with van der Waals surface area (Å²) in [6.07, 6.45) is 1.95. The Hall–Kier alpha value is -3.63. The van der Waals surface area contributed by atoms with Crippen LogP contribution in [0, 0.1) is 5.95 Å². The van der Waals surface area contributed by atoms with E-state index in [9.17, 15) is 13.8 Å². The van der Waals surface area contributed by atoms with Gasteiger partial charge in [0.2, 0.25) is 11.8 Å².